The summed E-state index contributed by atoms with van der Waals surface area (Å²) in [5.41, 5.74) is 5.73. The number of nitrogens with one attached hydrogen (secondary N) is 1. The van der Waals surface area contributed by atoms with E-state index in [9.17, 15) is 8.42 Å². The topological polar surface area (TPSA) is 81.4 Å². The molecular weight excluding hydrogens is 328 g/mol. The van der Waals surface area contributed by atoms with E-state index < -0.39 is 10.0 Å². The zero-order valence-corrected chi connectivity index (χ0v) is 13.6. The van der Waals surface area contributed by atoms with E-state index in [1.54, 1.807) is 36.4 Å². The molecule has 0 aliphatic rings. The summed E-state index contributed by atoms with van der Waals surface area (Å²) in [5, 5.41) is 0. The molecule has 2 aromatic rings. The predicted molar refractivity (Wildman–Crippen MR) is 88.6 cm³/mol. The van der Waals surface area contributed by atoms with Crippen LogP contribution in [0.2, 0.25) is 0 Å². The van der Waals surface area contributed by atoms with Gasteiger partial charge in [-0.2, -0.15) is 0 Å². The molecule has 2 rings (SSSR count). The van der Waals surface area contributed by atoms with Crippen LogP contribution in [0.4, 0.5) is 5.69 Å². The van der Waals surface area contributed by atoms with Gasteiger partial charge in [-0.25, -0.2) is 8.42 Å². The van der Waals surface area contributed by atoms with Gasteiger partial charge in [0, 0.05) is 4.88 Å². The molecule has 0 spiro atoms. The second-order valence-corrected chi connectivity index (χ2v) is 7.94. The van der Waals surface area contributed by atoms with Crippen LogP contribution in [0.5, 0.6) is 5.75 Å². The summed E-state index contributed by atoms with van der Waals surface area (Å²) < 4.78 is 32.8. The number of nitrogens with two attached hydrogens (primary N) is 1. The van der Waals surface area contributed by atoms with Crippen LogP contribution in [0.25, 0.3) is 0 Å². The Morgan fingerprint density at radius 3 is 2.67 bits per heavy atom. The van der Waals surface area contributed by atoms with Crippen molar-refractivity contribution in [3.63, 3.8) is 0 Å². The number of anilines is 1. The highest BCUT2D eigenvalue weighted by molar-refractivity contribution is 7.94. The lowest BCUT2D eigenvalue weighted by molar-refractivity contribution is 0.379. The van der Waals surface area contributed by atoms with E-state index in [2.05, 4.69) is 4.72 Å². The number of thiophene rings is 1. The molecule has 5 nitrogen and oxygen atoms in total. The van der Waals surface area contributed by atoms with Gasteiger partial charge in [0.2, 0.25) is 0 Å². The Bertz CT molecular complexity index is 754. The third-order valence-corrected chi connectivity index (χ3v) is 5.46. The Hall–Kier alpha value is -1.64. The van der Waals surface area contributed by atoms with E-state index in [-0.39, 0.29) is 15.8 Å². The van der Waals surface area contributed by atoms with Crippen LogP contribution in [0.1, 0.15) is 4.88 Å². The second-order valence-electron chi connectivity index (χ2n) is 4.22. The van der Waals surface area contributed by atoms with Gasteiger partial charge in [-0.05, 0) is 31.2 Å². The summed E-state index contributed by atoms with van der Waals surface area (Å²) in [5.74, 6) is 0.377. The molecule has 0 aliphatic heterocycles. The largest absolute Gasteiger partial charge is 0.484 e. The van der Waals surface area contributed by atoms with Crippen LogP contribution in [0.15, 0.2) is 40.6 Å². The van der Waals surface area contributed by atoms with Crippen LogP contribution >= 0.6 is 23.6 Å². The van der Waals surface area contributed by atoms with Gasteiger partial charge in [0.1, 0.15) is 21.6 Å². The predicted octanol–water partition coefficient (Wildman–Crippen LogP) is 2.52. The summed E-state index contributed by atoms with van der Waals surface area (Å²) in [4.78, 5) is 1.12. The van der Waals surface area contributed by atoms with Gasteiger partial charge in [-0.15, -0.1) is 11.3 Å². The summed E-state index contributed by atoms with van der Waals surface area (Å²) in [6, 6.07) is 10.0. The third kappa shape index (κ3) is 4.16. The van der Waals surface area contributed by atoms with E-state index in [0.717, 1.165) is 4.88 Å². The molecule has 0 aliphatic carbocycles. The maximum Gasteiger partial charge on any atom is 0.271 e. The van der Waals surface area contributed by atoms with Gasteiger partial charge in [-0.1, -0.05) is 24.4 Å². The molecule has 0 atom stereocenters. The van der Waals surface area contributed by atoms with E-state index in [1.165, 1.54) is 11.3 Å². The normalized spacial score (nSPS) is 11.1. The third-order valence-electron chi connectivity index (χ3n) is 2.48. The zero-order chi connectivity index (χ0) is 15.5. The molecule has 0 radical (unpaired) electrons. The maximum atomic E-state index is 12.3. The van der Waals surface area contributed by atoms with E-state index >= 15 is 0 Å². The van der Waals surface area contributed by atoms with Crippen molar-refractivity contribution < 1.29 is 13.2 Å². The number of hydrogen-bond donors (Lipinski definition) is 2. The minimum absolute atomic E-state index is 0.0478. The van der Waals surface area contributed by atoms with Gasteiger partial charge in [0.05, 0.1) is 5.69 Å². The highest BCUT2D eigenvalue weighted by Gasteiger charge is 2.18. The molecular formula is C13H14N2O3S3. The molecule has 0 saturated carbocycles. The van der Waals surface area contributed by atoms with Crippen LogP contribution in [0.3, 0.4) is 0 Å². The van der Waals surface area contributed by atoms with Crippen molar-refractivity contribution in [3.8, 4) is 5.75 Å². The average Bonchev–Trinajstić information content (AvgIpc) is 2.85. The molecule has 3 N–H and O–H groups in total. The molecule has 1 aromatic heterocycles. The van der Waals surface area contributed by atoms with Crippen LogP contribution in [-0.2, 0) is 10.0 Å². The Balaban J connectivity index is 2.25. The SMILES string of the molecule is Cc1ccc(S(=O)(=O)Nc2ccccc2OCC(N)=S)s1. The first-order valence-corrected chi connectivity index (χ1v) is 8.68. The van der Waals surface area contributed by atoms with Crippen molar-refractivity contribution in [2.45, 2.75) is 11.1 Å². The summed E-state index contributed by atoms with van der Waals surface area (Å²) in [7, 11) is -3.63. The lowest BCUT2D eigenvalue weighted by Gasteiger charge is -2.12. The number of thiocarbonyl (C=S) groups is 1. The van der Waals surface area contributed by atoms with E-state index in [0.29, 0.717) is 11.4 Å². The number of para-hydroxylation sites is 2. The highest BCUT2D eigenvalue weighted by Crippen LogP contribution is 2.28. The fourth-order valence-corrected chi connectivity index (χ4v) is 3.99. The fraction of sp³-hybridized carbons (Fsp3) is 0.154. The van der Waals surface area contributed by atoms with Crippen molar-refractivity contribution in [1.29, 1.82) is 0 Å². The fourth-order valence-electron chi connectivity index (χ4n) is 1.58. The lowest BCUT2D eigenvalue weighted by Crippen LogP contribution is -2.19. The van der Waals surface area contributed by atoms with Crippen molar-refractivity contribution >= 4 is 44.3 Å². The van der Waals surface area contributed by atoms with Gasteiger partial charge in [-0.3, -0.25) is 4.72 Å². The monoisotopic (exact) mass is 342 g/mol. The van der Waals surface area contributed by atoms with Crippen LogP contribution < -0.4 is 15.2 Å². The molecule has 0 amide bonds. The van der Waals surface area contributed by atoms with E-state index in [1.807, 2.05) is 6.92 Å². The first-order valence-electron chi connectivity index (χ1n) is 5.98. The summed E-state index contributed by atoms with van der Waals surface area (Å²) in [6.45, 7) is 1.90. The molecule has 0 unspecified atom stereocenters. The lowest BCUT2D eigenvalue weighted by atomic mass is 10.3. The van der Waals surface area contributed by atoms with E-state index in [4.69, 9.17) is 22.7 Å². The molecule has 0 bridgehead atoms. The number of ether oxygens (including phenoxy) is 1. The Labute approximate surface area is 132 Å². The number of aryl methyl sites for hydroxylation is 1. The standard InChI is InChI=1S/C13H14N2O3S3/c1-9-6-7-13(20-9)21(16,17)15-10-4-2-3-5-11(10)18-8-12(14)19/h2-7,15H,8H2,1H3,(H2,14,19). The molecule has 8 heteroatoms. The van der Waals surface area contributed by atoms with Crippen molar-refractivity contribution in [2.24, 2.45) is 5.73 Å². The Kier molecular flexibility index (Phi) is 4.81. The quantitative estimate of drug-likeness (QED) is 0.789. The summed E-state index contributed by atoms with van der Waals surface area (Å²) in [6.07, 6.45) is 0. The Morgan fingerprint density at radius 1 is 1.33 bits per heavy atom. The second kappa shape index (κ2) is 6.42. The van der Waals surface area contributed by atoms with Gasteiger partial charge >= 0.3 is 0 Å². The first kappa shape index (κ1) is 15.7. The molecule has 1 aromatic carbocycles. The molecule has 21 heavy (non-hydrogen) atoms. The van der Waals surface area contributed by atoms with Crippen LogP contribution in [0, 0.1) is 6.92 Å². The number of benzene rings is 1. The van der Waals surface area contributed by atoms with Crippen molar-refractivity contribution in [1.82, 2.24) is 0 Å². The minimum Gasteiger partial charge on any atom is -0.484 e. The van der Waals surface area contributed by atoms with Gasteiger partial charge < -0.3 is 10.5 Å². The smallest absolute Gasteiger partial charge is 0.271 e. The van der Waals surface area contributed by atoms with Crippen LogP contribution in [-0.4, -0.2) is 20.0 Å². The van der Waals surface area contributed by atoms with Crippen molar-refractivity contribution in [2.75, 3.05) is 11.3 Å². The van der Waals surface area contributed by atoms with Crippen molar-refractivity contribution in [3.05, 3.63) is 41.3 Å². The zero-order valence-electron chi connectivity index (χ0n) is 11.2. The van der Waals surface area contributed by atoms with Gasteiger partial charge in [0.15, 0.2) is 0 Å². The number of rotatable bonds is 6. The molecule has 1 heterocycles. The number of hydrogen-bond acceptors (Lipinski definition) is 5. The maximum absolute atomic E-state index is 12.3. The molecule has 0 saturated heterocycles. The Morgan fingerprint density at radius 2 is 2.05 bits per heavy atom. The minimum atomic E-state index is -3.63. The molecule has 112 valence electrons. The van der Waals surface area contributed by atoms with Gasteiger partial charge in [0.25, 0.3) is 10.0 Å². The molecule has 0 fully saturated rings. The number of sulfonamides is 1. The average molecular weight is 342 g/mol. The highest BCUT2D eigenvalue weighted by atomic mass is 32.2. The summed E-state index contributed by atoms with van der Waals surface area (Å²) >= 11 is 5.95. The first-order chi connectivity index (χ1) is 9.88.